The van der Waals surface area contributed by atoms with Crippen LogP contribution in [0.2, 0.25) is 0 Å². The second-order valence-electron chi connectivity index (χ2n) is 31.2. The van der Waals surface area contributed by atoms with Gasteiger partial charge in [-0.1, -0.05) is 6.92 Å². The highest BCUT2D eigenvalue weighted by molar-refractivity contribution is 6.06. The number of nitrogens with one attached hydrogen (secondary N) is 13. The average molecular weight is 1840 g/mol. The van der Waals surface area contributed by atoms with E-state index in [9.17, 15) is 57.8 Å². The van der Waals surface area contributed by atoms with Gasteiger partial charge in [0.15, 0.2) is 28.9 Å². The van der Waals surface area contributed by atoms with E-state index in [1.807, 2.05) is 35.0 Å². The van der Waals surface area contributed by atoms with E-state index >= 15 is 0 Å². The number of hydrogen-bond donors (Lipinski definition) is 14. The normalized spacial score (nSPS) is 12.5. The summed E-state index contributed by atoms with van der Waals surface area (Å²) < 4.78 is 46.2. The van der Waals surface area contributed by atoms with Crippen molar-refractivity contribution in [3.63, 3.8) is 0 Å². The maximum absolute atomic E-state index is 13.4. The molecule has 710 valence electrons. The first-order chi connectivity index (χ1) is 64.2. The molecule has 10 aromatic heterocycles. The predicted molar refractivity (Wildman–Crippen MR) is 486 cm³/mol. The number of ether oxygens (including phenoxy) is 6. The maximum Gasteiger partial charge on any atom is 0.291 e. The van der Waals surface area contributed by atoms with Gasteiger partial charge in [0.1, 0.15) is 46.9 Å². The van der Waals surface area contributed by atoms with Gasteiger partial charge >= 0.3 is 0 Å². The number of aliphatic hydroxyl groups excluding tert-OH is 1. The van der Waals surface area contributed by atoms with E-state index in [2.05, 4.69) is 106 Å². The lowest BCUT2D eigenvalue weighted by Gasteiger charge is -2.36. The molecule has 14 N–H and O–H groups in total. The topological polar surface area (TPSA) is 556 Å². The number of carbonyl (C=O) groups is 11. The van der Waals surface area contributed by atoms with Crippen molar-refractivity contribution < 1.29 is 86.3 Å². The molecule has 0 radical (unpaired) electrons. The first kappa shape index (κ1) is 97.4. The molecule has 47 nitrogen and oxygen atoms in total. The summed E-state index contributed by atoms with van der Waals surface area (Å²) in [4.78, 5) is 175. The van der Waals surface area contributed by atoms with Gasteiger partial charge in [0.25, 0.3) is 41.4 Å². The molecule has 0 bridgehead atoms. The van der Waals surface area contributed by atoms with Crippen molar-refractivity contribution in [3.8, 4) is 5.75 Å². The highest BCUT2D eigenvalue weighted by Gasteiger charge is 2.28. The number of benzene rings is 1. The van der Waals surface area contributed by atoms with Crippen LogP contribution >= 0.6 is 0 Å². The van der Waals surface area contributed by atoms with Gasteiger partial charge in [-0.25, -0.2) is 29.9 Å². The minimum Gasteiger partial charge on any atom is -0.491 e. The van der Waals surface area contributed by atoms with Crippen molar-refractivity contribution in [3.05, 3.63) is 150 Å². The van der Waals surface area contributed by atoms with Crippen LogP contribution in [-0.2, 0) is 105 Å². The van der Waals surface area contributed by atoms with Crippen molar-refractivity contribution in [2.75, 3.05) is 161 Å². The minimum absolute atomic E-state index is 0.00570. The molecule has 1 aromatic carbocycles. The Kier molecular flexibility index (Phi) is 35.0. The van der Waals surface area contributed by atoms with Crippen molar-refractivity contribution in [1.29, 1.82) is 0 Å². The summed E-state index contributed by atoms with van der Waals surface area (Å²) in [5.74, 6) is -2.17. The van der Waals surface area contributed by atoms with Crippen molar-refractivity contribution >= 4 is 128 Å². The van der Waals surface area contributed by atoms with E-state index in [0.717, 1.165) is 71.9 Å². The number of aromatic nitrogens is 16. The standard InChI is InChI=1S/C86H113N29O18/c1-9-54-46-94-115-69(45-70(106-75(54)115)114-27-11-10-13-58(114)20-29-116)93-47-65-98-60-16-15-59(44-61(60)99-65)133-40-39-132-38-37-131-36-35-130-34-33-129-32-31-128-30-26-87-71(117)17-22-91-84(125)78-104-68(53-112(78)7)105-82(123)64-41-55(48-110(64)5)95-73(119)18-24-92-83(124)77-102-66(51-111(77)6)100-72(118)14-12-21-89-80(121)62-43-57(50-108(62)3)97-86(127)79-103-67(52-113(79)8)101-74(120)19-23-90-81(122)63-42-56(49-109(63)4)96-85(126)76-88-25-28-107(76)2/h15-16,25,28,41-46,48-53,58,93,116H,9-14,17-24,26-27,29-40,47H2,1-8H3,(H,87,117)(H,89,121)(H,90,122)(H,91,125)(H,92,124)(H,95,119)(H,96,126)(H,97,127)(H,98,99)(H,100,118)(H,101,120)(H,105,123)/t58-/m0/s1. The number of nitrogens with zero attached hydrogens (tertiary/aromatic N) is 16. The van der Waals surface area contributed by atoms with Crippen LogP contribution < -0.4 is 73.4 Å². The molecule has 1 aliphatic rings. The van der Waals surface area contributed by atoms with Crippen LogP contribution in [0.4, 0.5) is 46.2 Å². The zero-order valence-electron chi connectivity index (χ0n) is 75.4. The van der Waals surface area contributed by atoms with E-state index in [1.54, 1.807) is 66.3 Å². The third-order valence-electron chi connectivity index (χ3n) is 21.1. The number of aromatic amines is 1. The molecule has 0 unspecified atom stereocenters. The van der Waals surface area contributed by atoms with Crippen LogP contribution in [0.15, 0.2) is 98.2 Å². The van der Waals surface area contributed by atoms with Gasteiger partial charge in [-0.15, -0.1) is 0 Å². The van der Waals surface area contributed by atoms with Gasteiger partial charge in [-0.3, -0.25) is 52.7 Å². The molecule has 12 rings (SSSR count). The number of aryl methyl sites for hydroxylation is 8. The molecule has 0 saturated carbocycles. The van der Waals surface area contributed by atoms with Crippen LogP contribution in [0.3, 0.4) is 0 Å². The van der Waals surface area contributed by atoms with Crippen molar-refractivity contribution in [2.45, 2.75) is 83.7 Å². The lowest BCUT2D eigenvalue weighted by Crippen LogP contribution is -2.40. The van der Waals surface area contributed by atoms with E-state index in [0.29, 0.717) is 90.5 Å². The minimum atomic E-state index is -0.640. The molecule has 11 aromatic rings. The van der Waals surface area contributed by atoms with Crippen LogP contribution in [0, 0.1) is 0 Å². The van der Waals surface area contributed by atoms with Gasteiger partial charge in [0.2, 0.25) is 41.1 Å². The van der Waals surface area contributed by atoms with Crippen LogP contribution in [-0.4, -0.2) is 271 Å². The van der Waals surface area contributed by atoms with Gasteiger partial charge in [-0.05, 0) is 68.9 Å². The second-order valence-corrected chi connectivity index (χ2v) is 31.2. The number of hydrogen-bond acceptors (Lipinski definition) is 27. The van der Waals surface area contributed by atoms with Crippen LogP contribution in [0.25, 0.3) is 16.7 Å². The number of H-pyrrole nitrogens is 1. The molecule has 133 heavy (non-hydrogen) atoms. The molecule has 0 spiro atoms. The fourth-order valence-electron chi connectivity index (χ4n) is 14.4. The van der Waals surface area contributed by atoms with Gasteiger partial charge in [0.05, 0.1) is 107 Å². The van der Waals surface area contributed by atoms with Crippen LogP contribution in [0.1, 0.15) is 150 Å². The molecular formula is C86H113N29O18. The third kappa shape index (κ3) is 27.7. The van der Waals surface area contributed by atoms with Crippen molar-refractivity contribution in [2.24, 2.45) is 49.3 Å². The highest BCUT2D eigenvalue weighted by atomic mass is 16.6. The van der Waals surface area contributed by atoms with Crippen molar-refractivity contribution in [1.82, 2.24) is 103 Å². The summed E-state index contributed by atoms with van der Waals surface area (Å²) in [7, 11) is 11.2. The summed E-state index contributed by atoms with van der Waals surface area (Å²) in [6.45, 7) is 7.73. The second kappa shape index (κ2) is 47.8. The fraction of sp³-hybridized carbons (Fsp3) is 0.442. The summed E-state index contributed by atoms with van der Waals surface area (Å²) in [6, 6.07) is 12.4. The SMILES string of the molecule is CCc1cnn2c(NCc3nc4ccc(OCCOCCOCCOCCOCCOCCNC(=O)CCNC(=O)c5nc(NC(=O)c6cc(NC(=O)CCNC(=O)c7nc(NC(=O)CCCNC(=O)c8cc(NC(=O)c9nc(NC(=O)CCNC(=O)c%10cc(NC(=O)c%11nccn%11C)cn%10C)cn9C)cn8C)cn7C)cn6C)cn5C)cc4[nH]3)cc(N3CCCC[C@H]3CCO)nc12. The third-order valence-corrected chi connectivity index (χ3v) is 21.1. The van der Waals surface area contributed by atoms with E-state index < -0.39 is 59.1 Å². The van der Waals surface area contributed by atoms with E-state index in [1.165, 1.54) is 82.8 Å². The molecule has 1 fully saturated rings. The number of fused-ring (bicyclic) bond motifs is 2. The summed E-state index contributed by atoms with van der Waals surface area (Å²) >= 11 is 0. The zero-order chi connectivity index (χ0) is 94.5. The lowest BCUT2D eigenvalue weighted by molar-refractivity contribution is -0.121. The smallest absolute Gasteiger partial charge is 0.291 e. The van der Waals surface area contributed by atoms with E-state index in [4.69, 9.17) is 38.4 Å². The Bertz CT molecular complexity index is 5900. The Hall–Kier alpha value is -14.7. The first-order valence-electron chi connectivity index (χ1n) is 43.5. The highest BCUT2D eigenvalue weighted by Crippen LogP contribution is 2.30. The number of piperidine rings is 1. The number of rotatable bonds is 52. The Morgan fingerprint density at radius 3 is 1.53 bits per heavy atom. The molecule has 1 saturated heterocycles. The number of anilines is 8. The first-order valence-corrected chi connectivity index (χ1v) is 43.5. The predicted octanol–water partition coefficient (Wildman–Crippen LogP) is 3.29. The summed E-state index contributed by atoms with van der Waals surface area (Å²) in [5, 5.41) is 47.4. The van der Waals surface area contributed by atoms with Crippen LogP contribution in [0.5, 0.6) is 5.75 Å². The fourth-order valence-corrected chi connectivity index (χ4v) is 14.4. The maximum atomic E-state index is 13.4. The lowest BCUT2D eigenvalue weighted by atomic mass is 9.99. The van der Waals surface area contributed by atoms with Gasteiger partial charge < -0.3 is 139 Å². The average Bonchev–Trinajstić information content (AvgIpc) is 1.66. The van der Waals surface area contributed by atoms with Gasteiger partial charge in [0, 0.05) is 194 Å². The Morgan fingerprint density at radius 2 is 0.970 bits per heavy atom. The Balaban J connectivity index is 0.442. The molecule has 1 atom stereocenters. The Morgan fingerprint density at radius 1 is 0.466 bits per heavy atom. The summed E-state index contributed by atoms with van der Waals surface area (Å²) in [5.41, 5.74) is 5.06. The summed E-state index contributed by atoms with van der Waals surface area (Å²) in [6.07, 6.45) is 18.6. The number of amides is 11. The molecule has 1 aliphatic heterocycles. The molecule has 11 amide bonds. The molecule has 11 heterocycles. The zero-order valence-corrected chi connectivity index (χ0v) is 75.4. The Labute approximate surface area is 763 Å². The van der Waals surface area contributed by atoms with E-state index in [-0.39, 0.29) is 159 Å². The quantitative estimate of drug-likeness (QED) is 0.0243. The number of imidazole rings is 5. The van der Waals surface area contributed by atoms with Gasteiger partial charge in [-0.2, -0.15) is 9.61 Å². The monoisotopic (exact) mass is 1840 g/mol. The number of aliphatic hydroxyl groups is 1. The molecule has 47 heteroatoms. The molecular weight excluding hydrogens is 1730 g/mol. The largest absolute Gasteiger partial charge is 0.491 e. The number of carbonyl (C=O) groups excluding carboxylic acids is 11. The molecule has 0 aliphatic carbocycles.